The molecule has 1 saturated carbocycles. The second-order valence-electron chi connectivity index (χ2n) is 9.01. The average molecular weight is 414 g/mol. The first kappa shape index (κ1) is 19.1. The van der Waals surface area contributed by atoms with Crippen molar-refractivity contribution in [3.05, 3.63) is 17.2 Å². The van der Waals surface area contributed by atoms with Crippen LogP contribution < -0.4 is 0 Å². The second kappa shape index (κ2) is 6.55. The Bertz CT molecular complexity index is 740. The number of halogens is 3. The Balaban J connectivity index is 1.19. The van der Waals surface area contributed by atoms with Gasteiger partial charge in [-0.05, 0) is 50.5 Å². The Kier molecular flexibility index (Phi) is 4.47. The van der Waals surface area contributed by atoms with Gasteiger partial charge in [-0.25, -0.2) is 14.3 Å². The normalized spacial score (nSPS) is 30.5. The number of rotatable bonds is 3. The Morgan fingerprint density at radius 3 is 2.04 bits per heavy atom. The number of alkyl halides is 3. The smallest absolute Gasteiger partial charge is 0.380 e. The van der Waals surface area contributed by atoms with E-state index in [2.05, 4.69) is 19.2 Å². The van der Waals surface area contributed by atoms with E-state index in [9.17, 15) is 13.2 Å². The molecule has 1 aliphatic carbocycles. The maximum absolute atomic E-state index is 12.9. The number of hydrogen-bond donors (Lipinski definition) is 0. The van der Waals surface area contributed by atoms with Crippen LogP contribution in [-0.4, -0.2) is 64.6 Å². The zero-order valence-electron chi connectivity index (χ0n) is 16.1. The molecule has 9 heteroatoms. The fraction of sp³-hybridized carbons (Fsp3) is 0.789. The van der Waals surface area contributed by atoms with Crippen LogP contribution in [0.3, 0.4) is 0 Å². The maximum atomic E-state index is 12.9. The largest absolute Gasteiger partial charge is 0.451 e. The lowest BCUT2D eigenvalue weighted by molar-refractivity contribution is -0.183. The molecular formula is C19H25F3N4OS. The van der Waals surface area contributed by atoms with Crippen LogP contribution in [0.5, 0.6) is 0 Å². The molecule has 4 heterocycles. The summed E-state index contributed by atoms with van der Waals surface area (Å²) in [4.78, 5) is 10.8. The van der Waals surface area contributed by atoms with Crippen molar-refractivity contribution < 1.29 is 17.9 Å². The van der Waals surface area contributed by atoms with Crippen LogP contribution in [-0.2, 0) is 10.9 Å². The Morgan fingerprint density at radius 2 is 1.57 bits per heavy atom. The van der Waals surface area contributed by atoms with Gasteiger partial charge >= 0.3 is 6.18 Å². The predicted molar refractivity (Wildman–Crippen MR) is 98.8 cm³/mol. The summed E-state index contributed by atoms with van der Waals surface area (Å²) in [6, 6.07) is 0.725. The Hall–Kier alpha value is -0.900. The van der Waals surface area contributed by atoms with Gasteiger partial charge in [0.25, 0.3) is 0 Å². The van der Waals surface area contributed by atoms with Crippen molar-refractivity contribution in [3.8, 4) is 0 Å². The molecule has 1 aromatic heterocycles. The minimum atomic E-state index is -4.50. The van der Waals surface area contributed by atoms with Crippen molar-refractivity contribution in [3.63, 3.8) is 0 Å². The first-order chi connectivity index (χ1) is 13.2. The van der Waals surface area contributed by atoms with Crippen molar-refractivity contribution in [2.45, 2.75) is 43.8 Å². The molecule has 1 spiro atoms. The van der Waals surface area contributed by atoms with Gasteiger partial charge in [-0.15, -0.1) is 0 Å². The Labute approximate surface area is 167 Å². The highest BCUT2D eigenvalue weighted by Crippen LogP contribution is 2.51. The minimum Gasteiger partial charge on any atom is -0.380 e. The first-order valence-electron chi connectivity index (χ1n) is 9.90. The second-order valence-corrected chi connectivity index (χ2v) is 10.1. The third kappa shape index (κ3) is 3.24. The third-order valence-electron chi connectivity index (χ3n) is 6.83. The van der Waals surface area contributed by atoms with Crippen molar-refractivity contribution in [1.82, 2.24) is 19.2 Å². The number of aromatic nitrogens is 2. The molecule has 0 radical (unpaired) electrons. The molecule has 3 saturated heterocycles. The van der Waals surface area contributed by atoms with E-state index in [0.29, 0.717) is 28.6 Å². The molecular weight excluding hydrogens is 389 g/mol. The molecule has 5 nitrogen and oxygen atoms in total. The highest BCUT2D eigenvalue weighted by molar-refractivity contribution is 7.97. The van der Waals surface area contributed by atoms with Crippen molar-refractivity contribution >= 4 is 11.9 Å². The van der Waals surface area contributed by atoms with Crippen LogP contribution in [0, 0.1) is 31.1 Å². The molecule has 0 bridgehead atoms. The molecule has 5 rings (SSSR count). The van der Waals surface area contributed by atoms with Crippen LogP contribution in [0.25, 0.3) is 0 Å². The van der Waals surface area contributed by atoms with Gasteiger partial charge in [0.15, 0.2) is 0 Å². The van der Waals surface area contributed by atoms with Gasteiger partial charge in [0.1, 0.15) is 0 Å². The quantitative estimate of drug-likeness (QED) is 0.708. The zero-order chi connectivity index (χ0) is 19.7. The molecule has 0 N–H and O–H groups in total. The van der Waals surface area contributed by atoms with Crippen LogP contribution in [0.1, 0.15) is 30.1 Å². The summed E-state index contributed by atoms with van der Waals surface area (Å²) < 4.78 is 46.4. The number of ether oxygens (including phenoxy) is 1. The zero-order valence-corrected chi connectivity index (χ0v) is 16.9. The van der Waals surface area contributed by atoms with Crippen molar-refractivity contribution in [2.75, 3.05) is 39.4 Å². The van der Waals surface area contributed by atoms with Crippen molar-refractivity contribution in [2.24, 2.45) is 17.3 Å². The van der Waals surface area contributed by atoms with Crippen LogP contribution >= 0.6 is 11.9 Å². The van der Waals surface area contributed by atoms with Crippen LogP contribution in [0.4, 0.5) is 13.2 Å². The van der Waals surface area contributed by atoms with Gasteiger partial charge < -0.3 is 4.74 Å². The van der Waals surface area contributed by atoms with Gasteiger partial charge in [-0.3, -0.25) is 4.90 Å². The van der Waals surface area contributed by atoms with Gasteiger partial charge in [0.2, 0.25) is 5.82 Å². The lowest BCUT2D eigenvalue weighted by atomic mass is 9.63. The summed E-state index contributed by atoms with van der Waals surface area (Å²) in [6.45, 7) is 9.42. The summed E-state index contributed by atoms with van der Waals surface area (Å²) in [5.74, 6) is 0.256. The third-order valence-corrected chi connectivity index (χ3v) is 8.16. The monoisotopic (exact) mass is 414 g/mol. The number of fused-ring (bicyclic) bond motifs is 1. The molecule has 0 amide bonds. The average Bonchev–Trinajstić information content (AvgIpc) is 3.05. The summed E-state index contributed by atoms with van der Waals surface area (Å²) in [5.41, 5.74) is 1.32. The summed E-state index contributed by atoms with van der Waals surface area (Å²) >= 11 is 1.53. The summed E-state index contributed by atoms with van der Waals surface area (Å²) in [7, 11) is 0. The maximum Gasteiger partial charge on any atom is 0.451 e. The molecule has 4 fully saturated rings. The van der Waals surface area contributed by atoms with E-state index in [1.165, 1.54) is 24.8 Å². The molecule has 3 aliphatic heterocycles. The van der Waals surface area contributed by atoms with E-state index >= 15 is 0 Å². The molecule has 4 aliphatic rings. The lowest BCUT2D eigenvalue weighted by Crippen LogP contribution is -2.59. The number of nitrogens with zero attached hydrogens (tertiary/aromatic N) is 4. The number of likely N-dealkylation sites (tertiary alicyclic amines) is 1. The minimum absolute atomic E-state index is 0.408. The molecule has 2 unspecified atom stereocenters. The molecule has 154 valence electrons. The molecule has 28 heavy (non-hydrogen) atoms. The topological polar surface area (TPSA) is 41.5 Å². The van der Waals surface area contributed by atoms with Crippen molar-refractivity contribution in [1.29, 1.82) is 0 Å². The van der Waals surface area contributed by atoms with E-state index in [1.807, 2.05) is 0 Å². The van der Waals surface area contributed by atoms with Gasteiger partial charge in [0, 0.05) is 37.6 Å². The number of aryl methyl sites for hydroxylation is 2. The Morgan fingerprint density at radius 1 is 1.00 bits per heavy atom. The molecule has 1 aromatic rings. The van der Waals surface area contributed by atoms with Gasteiger partial charge in [-0.2, -0.15) is 13.2 Å². The fourth-order valence-corrected chi connectivity index (χ4v) is 6.42. The summed E-state index contributed by atoms with van der Waals surface area (Å²) in [5, 5.41) is 0. The SMILES string of the molecule is Cc1nc(C(F)(F)F)nc(C)c1SN1CC2CN(C3CC4(COC4)C3)CC2C1. The van der Waals surface area contributed by atoms with E-state index < -0.39 is 12.0 Å². The van der Waals surface area contributed by atoms with E-state index in [1.54, 1.807) is 13.8 Å². The van der Waals surface area contributed by atoms with Gasteiger partial charge in [-0.1, -0.05) is 0 Å². The standard InChI is InChI=1S/C19H25F3N4OS/c1-11-16(12(2)24-17(23-11)19(20,21)22)28-26-7-13-5-25(6-14(13)8-26)15-3-18(4-15)9-27-10-18/h13-15H,3-10H2,1-2H3. The summed E-state index contributed by atoms with van der Waals surface area (Å²) in [6.07, 6.45) is -1.93. The number of hydrogen-bond acceptors (Lipinski definition) is 6. The van der Waals surface area contributed by atoms with E-state index in [0.717, 1.165) is 50.3 Å². The van der Waals surface area contributed by atoms with E-state index in [4.69, 9.17) is 4.74 Å². The molecule has 0 aromatic carbocycles. The van der Waals surface area contributed by atoms with E-state index in [-0.39, 0.29) is 0 Å². The first-order valence-corrected chi connectivity index (χ1v) is 10.7. The fourth-order valence-electron chi connectivity index (χ4n) is 5.28. The van der Waals surface area contributed by atoms with Gasteiger partial charge in [0.05, 0.1) is 29.5 Å². The molecule has 2 atom stereocenters. The highest BCUT2D eigenvalue weighted by atomic mass is 32.2. The predicted octanol–water partition coefficient (Wildman–Crippen LogP) is 3.16. The lowest BCUT2D eigenvalue weighted by Gasteiger charge is -2.55. The van der Waals surface area contributed by atoms with Crippen LogP contribution in [0.15, 0.2) is 4.90 Å². The van der Waals surface area contributed by atoms with Crippen LogP contribution in [0.2, 0.25) is 0 Å². The highest BCUT2D eigenvalue weighted by Gasteiger charge is 2.54.